The monoisotopic (exact) mass is 200 g/mol. The number of hydrogen-bond acceptors (Lipinski definition) is 1. The summed E-state index contributed by atoms with van der Waals surface area (Å²) in [6.07, 6.45) is 5.09. The minimum absolute atomic E-state index is 0.541. The lowest BCUT2D eigenvalue weighted by Gasteiger charge is -2.34. The van der Waals surface area contributed by atoms with E-state index in [-0.39, 0.29) is 0 Å². The third-order valence-corrected chi connectivity index (χ3v) is 3.22. The van der Waals surface area contributed by atoms with Crippen LogP contribution in [0, 0.1) is 5.41 Å². The van der Waals surface area contributed by atoms with Crippen molar-refractivity contribution in [1.29, 1.82) is 0 Å². The van der Waals surface area contributed by atoms with Crippen molar-refractivity contribution >= 4 is 17.3 Å². The normalized spacial score (nSPS) is 22.4. The van der Waals surface area contributed by atoms with Crippen molar-refractivity contribution in [3.05, 3.63) is 0 Å². The van der Waals surface area contributed by atoms with Crippen molar-refractivity contribution < 1.29 is 0 Å². The second-order valence-corrected chi connectivity index (χ2v) is 5.07. The van der Waals surface area contributed by atoms with Gasteiger partial charge in [0.2, 0.25) is 0 Å². The Bertz CT molecular complexity index is 179. The van der Waals surface area contributed by atoms with Crippen LogP contribution in [0.1, 0.15) is 39.5 Å². The van der Waals surface area contributed by atoms with Crippen LogP contribution in [0.25, 0.3) is 0 Å². The van der Waals surface area contributed by atoms with Gasteiger partial charge in [0.05, 0.1) is 0 Å². The van der Waals surface area contributed by atoms with Crippen molar-refractivity contribution in [3.8, 4) is 0 Å². The summed E-state index contributed by atoms with van der Waals surface area (Å²) in [7, 11) is 1.86. The minimum Gasteiger partial charge on any atom is -0.366 e. The Morgan fingerprint density at radius 3 is 2.31 bits per heavy atom. The Labute approximate surface area is 86.5 Å². The zero-order valence-electron chi connectivity index (χ0n) is 8.81. The number of nitrogens with one attached hydrogen (secondary N) is 2. The molecule has 0 heterocycles. The van der Waals surface area contributed by atoms with E-state index in [4.69, 9.17) is 12.2 Å². The van der Waals surface area contributed by atoms with Gasteiger partial charge in [-0.1, -0.05) is 13.8 Å². The van der Waals surface area contributed by atoms with Gasteiger partial charge in [0.1, 0.15) is 0 Å². The van der Waals surface area contributed by atoms with E-state index in [0.717, 1.165) is 5.11 Å². The van der Waals surface area contributed by atoms with E-state index in [1.54, 1.807) is 0 Å². The van der Waals surface area contributed by atoms with Gasteiger partial charge in [-0.3, -0.25) is 0 Å². The molecule has 13 heavy (non-hydrogen) atoms. The van der Waals surface area contributed by atoms with Gasteiger partial charge in [0, 0.05) is 13.1 Å². The molecule has 0 aromatic rings. The second-order valence-electron chi connectivity index (χ2n) is 4.66. The molecule has 0 aliphatic heterocycles. The molecule has 0 spiro atoms. The highest BCUT2D eigenvalue weighted by Crippen LogP contribution is 2.34. The van der Waals surface area contributed by atoms with E-state index in [1.165, 1.54) is 25.7 Å². The molecule has 0 atom stereocenters. The molecule has 0 saturated heterocycles. The van der Waals surface area contributed by atoms with Crippen LogP contribution in [0.3, 0.4) is 0 Å². The lowest BCUT2D eigenvalue weighted by molar-refractivity contribution is 0.217. The molecule has 3 heteroatoms. The first-order valence-corrected chi connectivity index (χ1v) is 5.42. The predicted octanol–water partition coefficient (Wildman–Crippen LogP) is 2.05. The Kier molecular flexibility index (Phi) is 3.54. The topological polar surface area (TPSA) is 24.1 Å². The lowest BCUT2D eigenvalue weighted by atomic mass is 9.76. The molecular weight excluding hydrogens is 180 g/mol. The molecule has 76 valence electrons. The van der Waals surface area contributed by atoms with Gasteiger partial charge < -0.3 is 10.6 Å². The van der Waals surface area contributed by atoms with Crippen molar-refractivity contribution in [2.75, 3.05) is 7.05 Å². The fraction of sp³-hybridized carbons (Fsp3) is 0.900. The Morgan fingerprint density at radius 1 is 1.31 bits per heavy atom. The summed E-state index contributed by atoms with van der Waals surface area (Å²) in [5, 5.41) is 7.06. The average molecular weight is 200 g/mol. The average Bonchev–Trinajstić information content (AvgIpc) is 2.08. The van der Waals surface area contributed by atoms with Crippen LogP contribution in [0.4, 0.5) is 0 Å². The maximum atomic E-state index is 5.07. The van der Waals surface area contributed by atoms with Gasteiger partial charge in [-0.25, -0.2) is 0 Å². The molecule has 0 unspecified atom stereocenters. The summed E-state index contributed by atoms with van der Waals surface area (Å²) in [6, 6.07) is 0.591. The van der Waals surface area contributed by atoms with Gasteiger partial charge in [-0.2, -0.15) is 0 Å². The smallest absolute Gasteiger partial charge is 0.166 e. The van der Waals surface area contributed by atoms with Crippen LogP contribution < -0.4 is 10.6 Å². The molecule has 1 aliphatic carbocycles. The molecule has 0 amide bonds. The van der Waals surface area contributed by atoms with Crippen LogP contribution >= 0.6 is 12.2 Å². The van der Waals surface area contributed by atoms with Crippen LogP contribution in [-0.2, 0) is 0 Å². The highest BCUT2D eigenvalue weighted by atomic mass is 32.1. The zero-order chi connectivity index (χ0) is 9.90. The lowest BCUT2D eigenvalue weighted by Crippen LogP contribution is -2.43. The van der Waals surface area contributed by atoms with E-state index < -0.39 is 0 Å². The van der Waals surface area contributed by atoms with Gasteiger partial charge in [-0.05, 0) is 43.3 Å². The van der Waals surface area contributed by atoms with Crippen molar-refractivity contribution in [2.24, 2.45) is 5.41 Å². The van der Waals surface area contributed by atoms with E-state index in [9.17, 15) is 0 Å². The number of thiocarbonyl (C=S) groups is 1. The SMILES string of the molecule is CNC(=S)NC1CCC(C)(C)CC1. The van der Waals surface area contributed by atoms with Crippen molar-refractivity contribution in [2.45, 2.75) is 45.6 Å². The first-order chi connectivity index (χ1) is 6.03. The van der Waals surface area contributed by atoms with Crippen LogP contribution in [0.15, 0.2) is 0 Å². The maximum Gasteiger partial charge on any atom is 0.166 e. The van der Waals surface area contributed by atoms with E-state index in [2.05, 4.69) is 24.5 Å². The Hall–Kier alpha value is -0.310. The highest BCUT2D eigenvalue weighted by molar-refractivity contribution is 7.80. The summed E-state index contributed by atoms with van der Waals surface area (Å²) in [5.74, 6) is 0. The van der Waals surface area contributed by atoms with Gasteiger partial charge >= 0.3 is 0 Å². The molecule has 0 aromatic carbocycles. The van der Waals surface area contributed by atoms with E-state index in [1.807, 2.05) is 7.05 Å². The first kappa shape index (κ1) is 10.8. The van der Waals surface area contributed by atoms with Crippen LogP contribution in [-0.4, -0.2) is 18.2 Å². The molecule has 0 aromatic heterocycles. The summed E-state index contributed by atoms with van der Waals surface area (Å²) < 4.78 is 0. The minimum atomic E-state index is 0.541. The molecule has 1 saturated carbocycles. The first-order valence-electron chi connectivity index (χ1n) is 5.02. The molecule has 2 N–H and O–H groups in total. The molecule has 2 nitrogen and oxygen atoms in total. The third kappa shape index (κ3) is 3.51. The molecule has 0 radical (unpaired) electrons. The summed E-state index contributed by atoms with van der Waals surface area (Å²) in [4.78, 5) is 0. The molecule has 1 fully saturated rings. The van der Waals surface area contributed by atoms with E-state index >= 15 is 0 Å². The van der Waals surface area contributed by atoms with E-state index in [0.29, 0.717) is 11.5 Å². The largest absolute Gasteiger partial charge is 0.366 e. The number of hydrogen-bond donors (Lipinski definition) is 2. The predicted molar refractivity (Wildman–Crippen MR) is 60.8 cm³/mol. The van der Waals surface area contributed by atoms with Crippen molar-refractivity contribution in [1.82, 2.24) is 10.6 Å². The number of rotatable bonds is 1. The molecule has 1 rings (SSSR count). The van der Waals surface area contributed by atoms with Crippen LogP contribution in [0.5, 0.6) is 0 Å². The van der Waals surface area contributed by atoms with Crippen molar-refractivity contribution in [3.63, 3.8) is 0 Å². The summed E-state index contributed by atoms with van der Waals surface area (Å²) in [6.45, 7) is 4.69. The quantitative estimate of drug-likeness (QED) is 0.634. The Morgan fingerprint density at radius 2 is 1.85 bits per heavy atom. The molecule has 0 bridgehead atoms. The van der Waals surface area contributed by atoms with Gasteiger partial charge in [-0.15, -0.1) is 0 Å². The van der Waals surface area contributed by atoms with Crippen LogP contribution in [0.2, 0.25) is 0 Å². The molecule has 1 aliphatic rings. The fourth-order valence-corrected chi connectivity index (χ4v) is 1.97. The fourth-order valence-electron chi connectivity index (χ4n) is 1.80. The second kappa shape index (κ2) is 4.27. The van der Waals surface area contributed by atoms with Gasteiger partial charge in [0.15, 0.2) is 5.11 Å². The standard InChI is InChI=1S/C10H20N2S/c1-10(2)6-4-8(5-7-10)12-9(13)11-3/h8H,4-7H2,1-3H3,(H2,11,12,13). The highest BCUT2D eigenvalue weighted by Gasteiger charge is 2.26. The van der Waals surface area contributed by atoms with Gasteiger partial charge in [0.25, 0.3) is 0 Å². The third-order valence-electron chi connectivity index (χ3n) is 2.90. The summed E-state index contributed by atoms with van der Waals surface area (Å²) in [5.41, 5.74) is 0.541. The Balaban J connectivity index is 2.29. The maximum absolute atomic E-state index is 5.07. The summed E-state index contributed by atoms with van der Waals surface area (Å²) >= 11 is 5.07. The molecular formula is C10H20N2S. The zero-order valence-corrected chi connectivity index (χ0v) is 9.63.